The summed E-state index contributed by atoms with van der Waals surface area (Å²) in [6.45, 7) is 4.63. The lowest BCUT2D eigenvalue weighted by Gasteiger charge is -2.13. The molecule has 5 heteroatoms. The van der Waals surface area contributed by atoms with Crippen molar-refractivity contribution in [2.45, 2.75) is 24.6 Å². The van der Waals surface area contributed by atoms with E-state index in [1.165, 1.54) is 0 Å². The van der Waals surface area contributed by atoms with Crippen LogP contribution in [-0.4, -0.2) is 23.4 Å². The molecule has 2 rings (SSSR count). The van der Waals surface area contributed by atoms with Gasteiger partial charge in [0.1, 0.15) is 16.7 Å². The Morgan fingerprint density at radius 3 is 2.74 bits per heavy atom. The molecule has 1 aromatic carbocycles. The molecule has 0 aliphatic heterocycles. The molecule has 1 aromatic rings. The summed E-state index contributed by atoms with van der Waals surface area (Å²) in [5.41, 5.74) is 0.473. The summed E-state index contributed by atoms with van der Waals surface area (Å²) in [6.07, 6.45) is 0.494. The van der Waals surface area contributed by atoms with Gasteiger partial charge in [-0.3, -0.25) is 4.79 Å². The maximum atomic E-state index is 11.9. The number of ether oxygens (including phenoxy) is 1. The third-order valence-electron chi connectivity index (χ3n) is 3.40. The lowest BCUT2D eigenvalue weighted by Crippen LogP contribution is -2.35. The Morgan fingerprint density at radius 1 is 1.47 bits per heavy atom. The minimum atomic E-state index is -0.922. The van der Waals surface area contributed by atoms with Crippen molar-refractivity contribution in [3.63, 3.8) is 0 Å². The first-order chi connectivity index (χ1) is 8.85. The molecule has 1 saturated carbocycles. The fourth-order valence-electron chi connectivity index (χ4n) is 1.88. The van der Waals surface area contributed by atoms with Crippen molar-refractivity contribution in [1.29, 1.82) is 0 Å². The fourth-order valence-corrected chi connectivity index (χ4v) is 2.59. The minimum absolute atomic E-state index is 0.120. The highest BCUT2D eigenvalue weighted by molar-refractivity contribution is 6.53. The largest absolute Gasteiger partial charge is 0.492 e. The predicted molar refractivity (Wildman–Crippen MR) is 76.8 cm³/mol. The van der Waals surface area contributed by atoms with Gasteiger partial charge < -0.3 is 10.1 Å². The van der Waals surface area contributed by atoms with Crippen LogP contribution in [0.15, 0.2) is 24.3 Å². The number of halogens is 2. The van der Waals surface area contributed by atoms with Gasteiger partial charge in [-0.15, -0.1) is 23.2 Å². The Morgan fingerprint density at radius 2 is 2.16 bits per heavy atom. The molecule has 104 valence electrons. The van der Waals surface area contributed by atoms with Gasteiger partial charge in [-0.25, -0.2) is 0 Å². The maximum absolute atomic E-state index is 11.9. The molecule has 0 radical (unpaired) electrons. The zero-order valence-electron chi connectivity index (χ0n) is 11.0. The standard InChI is InChI=1S/C14H17Cl2NO2/c1-10-4-3-5-11(8-10)19-7-6-17-12(18)13(2)9-14(13,15)16/h3-5,8H,6-7,9H2,1-2H3,(H,17,18). The zero-order valence-corrected chi connectivity index (χ0v) is 12.5. The Labute approximate surface area is 123 Å². The SMILES string of the molecule is Cc1cccc(OCCNC(=O)C2(C)CC2(Cl)Cl)c1. The van der Waals surface area contributed by atoms with Crippen molar-refractivity contribution < 1.29 is 9.53 Å². The van der Waals surface area contributed by atoms with Gasteiger partial charge in [0, 0.05) is 0 Å². The Hall–Kier alpha value is -0.930. The molecule has 0 aromatic heterocycles. The van der Waals surface area contributed by atoms with Crippen LogP contribution in [0.4, 0.5) is 0 Å². The third-order valence-corrected chi connectivity index (χ3v) is 4.51. The lowest BCUT2D eigenvalue weighted by molar-refractivity contribution is -0.125. The molecule has 1 aliphatic carbocycles. The molecule has 1 fully saturated rings. The number of amides is 1. The first kappa shape index (κ1) is 14.5. The van der Waals surface area contributed by atoms with Gasteiger partial charge in [-0.1, -0.05) is 12.1 Å². The van der Waals surface area contributed by atoms with Gasteiger partial charge in [0.15, 0.2) is 0 Å². The van der Waals surface area contributed by atoms with Crippen LogP contribution >= 0.6 is 23.2 Å². The van der Waals surface area contributed by atoms with Crippen molar-refractivity contribution >= 4 is 29.1 Å². The van der Waals surface area contributed by atoms with Crippen LogP contribution in [-0.2, 0) is 4.79 Å². The second kappa shape index (κ2) is 5.22. The second-order valence-electron chi connectivity index (χ2n) is 5.13. The van der Waals surface area contributed by atoms with E-state index >= 15 is 0 Å². The molecule has 1 aliphatic rings. The normalized spacial score (nSPS) is 23.8. The molecule has 0 saturated heterocycles. The van der Waals surface area contributed by atoms with E-state index in [0.717, 1.165) is 11.3 Å². The van der Waals surface area contributed by atoms with Crippen molar-refractivity contribution in [2.75, 3.05) is 13.2 Å². The van der Waals surface area contributed by atoms with Crippen LogP contribution in [0.25, 0.3) is 0 Å². The van der Waals surface area contributed by atoms with Crippen LogP contribution in [0.3, 0.4) is 0 Å². The van der Waals surface area contributed by atoms with E-state index < -0.39 is 9.75 Å². The second-order valence-corrected chi connectivity index (χ2v) is 6.62. The van der Waals surface area contributed by atoms with Crippen molar-refractivity contribution in [3.8, 4) is 5.75 Å². The molecule has 1 N–H and O–H groups in total. The number of hydrogen-bond acceptors (Lipinski definition) is 2. The molecule has 19 heavy (non-hydrogen) atoms. The molecular weight excluding hydrogens is 285 g/mol. The first-order valence-electron chi connectivity index (χ1n) is 6.21. The molecule has 0 heterocycles. The lowest BCUT2D eigenvalue weighted by atomic mass is 10.1. The number of hydrogen-bond donors (Lipinski definition) is 1. The van der Waals surface area contributed by atoms with Crippen molar-refractivity contribution in [3.05, 3.63) is 29.8 Å². The summed E-state index contributed by atoms with van der Waals surface area (Å²) in [4.78, 5) is 11.9. The summed E-state index contributed by atoms with van der Waals surface area (Å²) in [5, 5.41) is 2.79. The van der Waals surface area contributed by atoms with Gasteiger partial charge in [-0.05, 0) is 38.0 Å². The molecule has 3 nitrogen and oxygen atoms in total. The highest BCUT2D eigenvalue weighted by atomic mass is 35.5. The third kappa shape index (κ3) is 3.15. The number of alkyl halides is 2. The smallest absolute Gasteiger partial charge is 0.229 e. The summed E-state index contributed by atoms with van der Waals surface area (Å²) in [6, 6.07) is 7.78. The van der Waals surface area contributed by atoms with Gasteiger partial charge >= 0.3 is 0 Å². The van der Waals surface area contributed by atoms with Crippen LogP contribution < -0.4 is 10.1 Å². The highest BCUT2D eigenvalue weighted by Gasteiger charge is 2.67. The maximum Gasteiger partial charge on any atom is 0.229 e. The molecule has 1 unspecified atom stereocenters. The number of carbonyl (C=O) groups excluding carboxylic acids is 1. The average molecular weight is 302 g/mol. The van der Waals surface area contributed by atoms with E-state index in [-0.39, 0.29) is 5.91 Å². The minimum Gasteiger partial charge on any atom is -0.492 e. The van der Waals surface area contributed by atoms with Gasteiger partial charge in [0.2, 0.25) is 5.91 Å². The van der Waals surface area contributed by atoms with Gasteiger partial charge in [0.25, 0.3) is 0 Å². The topological polar surface area (TPSA) is 38.3 Å². The fraction of sp³-hybridized carbons (Fsp3) is 0.500. The van der Waals surface area contributed by atoms with Crippen molar-refractivity contribution in [1.82, 2.24) is 5.32 Å². The van der Waals surface area contributed by atoms with Crippen molar-refractivity contribution in [2.24, 2.45) is 5.41 Å². The molecule has 1 atom stereocenters. The Bertz CT molecular complexity index is 490. The number of rotatable bonds is 5. The van der Waals surface area contributed by atoms with Gasteiger partial charge in [0.05, 0.1) is 12.0 Å². The van der Waals surface area contributed by atoms with Gasteiger partial charge in [-0.2, -0.15) is 0 Å². The quantitative estimate of drug-likeness (QED) is 0.670. The Kier molecular flexibility index (Phi) is 3.98. The number of aryl methyl sites for hydroxylation is 1. The predicted octanol–water partition coefficient (Wildman–Crippen LogP) is 3.07. The molecule has 0 bridgehead atoms. The molecule has 0 spiro atoms. The summed E-state index contributed by atoms with van der Waals surface area (Å²) in [7, 11) is 0. The number of carbonyl (C=O) groups is 1. The van der Waals surface area contributed by atoms with Crippen LogP contribution in [0, 0.1) is 12.3 Å². The molecule has 1 amide bonds. The summed E-state index contributed by atoms with van der Waals surface area (Å²) in [5.74, 6) is 0.682. The highest BCUT2D eigenvalue weighted by Crippen LogP contribution is 2.63. The Balaban J connectivity index is 1.72. The molecular formula is C14H17Cl2NO2. The van der Waals surface area contributed by atoms with E-state index in [9.17, 15) is 4.79 Å². The number of nitrogens with one attached hydrogen (secondary N) is 1. The van der Waals surface area contributed by atoms with E-state index in [0.29, 0.717) is 19.6 Å². The van der Waals surface area contributed by atoms with Crippen LogP contribution in [0.2, 0.25) is 0 Å². The first-order valence-corrected chi connectivity index (χ1v) is 6.96. The van der Waals surface area contributed by atoms with Crippen LogP contribution in [0.5, 0.6) is 5.75 Å². The van der Waals surface area contributed by atoms with Crippen LogP contribution in [0.1, 0.15) is 18.9 Å². The van der Waals surface area contributed by atoms with E-state index in [1.807, 2.05) is 31.2 Å². The zero-order chi connectivity index (χ0) is 14.1. The average Bonchev–Trinajstić information content (AvgIpc) is 2.85. The monoisotopic (exact) mass is 301 g/mol. The summed E-state index contributed by atoms with van der Waals surface area (Å²) < 4.78 is 4.62. The van der Waals surface area contributed by atoms with E-state index in [4.69, 9.17) is 27.9 Å². The number of benzene rings is 1. The summed E-state index contributed by atoms with van der Waals surface area (Å²) >= 11 is 11.9. The van der Waals surface area contributed by atoms with E-state index in [1.54, 1.807) is 6.92 Å². The van der Waals surface area contributed by atoms with E-state index in [2.05, 4.69) is 5.32 Å².